The molecule has 0 atom stereocenters. The van der Waals surface area contributed by atoms with Gasteiger partial charge < -0.3 is 4.90 Å². The smallest absolute Gasteiger partial charge is 0.209 e. The fraction of sp³-hybridized carbons (Fsp3) is 0.786. The Balaban J connectivity index is 0.000000265. The maximum absolute atomic E-state index is 10.0. The summed E-state index contributed by atoms with van der Waals surface area (Å²) in [6.45, 7) is 14.7. The molecular weight excluding hydrogens is 212 g/mol. The standard InChI is InChI=1S/C6H11NO.C6H11N.C2H6/c1-6(2)3-7(4-6)5-8;1-6-3-4-7(2)5-6;1-2/h5H,3-4H2,1-2H3;3H,4-5H2,1-2H3;1-2H3. The Morgan fingerprint density at radius 1 is 1.29 bits per heavy atom. The second-order valence-electron chi connectivity index (χ2n) is 5.42. The Kier molecular flexibility index (Phi) is 7.12. The number of carbonyl (C=O) groups excluding carboxylic acids is 1. The van der Waals surface area contributed by atoms with Crippen LogP contribution in [-0.4, -0.2) is 49.4 Å². The third kappa shape index (κ3) is 6.47. The van der Waals surface area contributed by atoms with E-state index < -0.39 is 0 Å². The molecule has 1 fully saturated rings. The summed E-state index contributed by atoms with van der Waals surface area (Å²) in [5, 5.41) is 0. The largest absolute Gasteiger partial charge is 0.344 e. The number of hydrogen-bond acceptors (Lipinski definition) is 2. The lowest BCUT2D eigenvalue weighted by molar-refractivity contribution is -0.127. The van der Waals surface area contributed by atoms with Gasteiger partial charge in [0.1, 0.15) is 0 Å². The first-order valence-electron chi connectivity index (χ1n) is 6.46. The molecule has 2 aliphatic heterocycles. The molecule has 2 heterocycles. The summed E-state index contributed by atoms with van der Waals surface area (Å²) in [6, 6.07) is 0. The van der Waals surface area contributed by atoms with E-state index >= 15 is 0 Å². The van der Waals surface area contributed by atoms with Crippen molar-refractivity contribution in [2.45, 2.75) is 34.6 Å². The van der Waals surface area contributed by atoms with E-state index in [2.05, 4.69) is 38.8 Å². The molecule has 3 nitrogen and oxygen atoms in total. The highest BCUT2D eigenvalue weighted by molar-refractivity contribution is 5.49. The van der Waals surface area contributed by atoms with Crippen molar-refractivity contribution in [3.8, 4) is 0 Å². The van der Waals surface area contributed by atoms with Gasteiger partial charge in [-0.25, -0.2) is 0 Å². The minimum absolute atomic E-state index is 0.390. The zero-order chi connectivity index (χ0) is 13.5. The van der Waals surface area contributed by atoms with Crippen LogP contribution in [0.25, 0.3) is 0 Å². The fourth-order valence-corrected chi connectivity index (χ4v) is 1.99. The molecule has 2 rings (SSSR count). The second-order valence-corrected chi connectivity index (χ2v) is 5.42. The third-order valence-corrected chi connectivity index (χ3v) is 2.68. The highest BCUT2D eigenvalue weighted by atomic mass is 16.1. The summed E-state index contributed by atoms with van der Waals surface area (Å²) in [4.78, 5) is 14.1. The molecule has 0 aliphatic carbocycles. The molecule has 0 bridgehead atoms. The summed E-state index contributed by atoms with van der Waals surface area (Å²) in [5.41, 5.74) is 1.89. The van der Waals surface area contributed by atoms with Crippen LogP contribution in [0.4, 0.5) is 0 Å². The Morgan fingerprint density at radius 2 is 1.82 bits per heavy atom. The number of likely N-dealkylation sites (tertiary alicyclic amines) is 1. The van der Waals surface area contributed by atoms with Gasteiger partial charge >= 0.3 is 0 Å². The Labute approximate surface area is 106 Å². The maximum atomic E-state index is 10.0. The van der Waals surface area contributed by atoms with Crippen LogP contribution >= 0.6 is 0 Å². The predicted octanol–water partition coefficient (Wildman–Crippen LogP) is 2.39. The molecule has 3 heteroatoms. The first-order valence-corrected chi connectivity index (χ1v) is 6.46. The van der Waals surface area contributed by atoms with Gasteiger partial charge in [-0.05, 0) is 19.4 Å². The van der Waals surface area contributed by atoms with Gasteiger partial charge in [-0.2, -0.15) is 0 Å². The Hall–Kier alpha value is -0.830. The molecule has 0 aromatic carbocycles. The van der Waals surface area contributed by atoms with Gasteiger partial charge in [0.05, 0.1) is 0 Å². The molecule has 100 valence electrons. The average Bonchev–Trinajstić information content (AvgIpc) is 2.62. The van der Waals surface area contributed by atoms with Crippen molar-refractivity contribution in [3.05, 3.63) is 11.6 Å². The summed E-state index contributed by atoms with van der Waals surface area (Å²) < 4.78 is 0. The third-order valence-electron chi connectivity index (χ3n) is 2.68. The fourth-order valence-electron chi connectivity index (χ4n) is 1.99. The van der Waals surface area contributed by atoms with Crippen molar-refractivity contribution in [3.63, 3.8) is 0 Å². The van der Waals surface area contributed by atoms with Gasteiger partial charge in [0.2, 0.25) is 6.41 Å². The van der Waals surface area contributed by atoms with Crippen LogP contribution in [0.15, 0.2) is 11.6 Å². The van der Waals surface area contributed by atoms with Crippen molar-refractivity contribution in [2.75, 3.05) is 33.2 Å². The van der Waals surface area contributed by atoms with Crippen molar-refractivity contribution in [2.24, 2.45) is 5.41 Å². The monoisotopic (exact) mass is 240 g/mol. The number of amides is 1. The van der Waals surface area contributed by atoms with Gasteiger partial charge in [0.25, 0.3) is 0 Å². The maximum Gasteiger partial charge on any atom is 0.209 e. The molecule has 2 aliphatic rings. The van der Waals surface area contributed by atoms with Gasteiger partial charge in [-0.3, -0.25) is 9.69 Å². The number of hydrogen-bond donors (Lipinski definition) is 0. The van der Waals surface area contributed by atoms with E-state index in [1.165, 1.54) is 12.1 Å². The van der Waals surface area contributed by atoms with Gasteiger partial charge in [0, 0.05) is 26.2 Å². The van der Waals surface area contributed by atoms with E-state index in [1.54, 1.807) is 4.90 Å². The molecule has 1 saturated heterocycles. The van der Waals surface area contributed by atoms with Crippen LogP contribution in [0.5, 0.6) is 0 Å². The zero-order valence-corrected chi connectivity index (χ0v) is 12.3. The lowest BCUT2D eigenvalue weighted by Crippen LogP contribution is -2.51. The molecule has 0 aromatic heterocycles. The topological polar surface area (TPSA) is 23.6 Å². The van der Waals surface area contributed by atoms with Crippen LogP contribution < -0.4 is 0 Å². The lowest BCUT2D eigenvalue weighted by Gasteiger charge is -2.43. The van der Waals surface area contributed by atoms with Crippen molar-refractivity contribution < 1.29 is 4.79 Å². The minimum atomic E-state index is 0.390. The predicted molar refractivity (Wildman–Crippen MR) is 74.0 cm³/mol. The second kappa shape index (κ2) is 7.49. The molecule has 0 N–H and O–H groups in total. The Bertz CT molecular complexity index is 251. The first-order chi connectivity index (χ1) is 7.93. The molecule has 0 radical (unpaired) electrons. The van der Waals surface area contributed by atoms with Crippen LogP contribution in [0.3, 0.4) is 0 Å². The average molecular weight is 240 g/mol. The molecular formula is C14H28N2O. The summed E-state index contributed by atoms with van der Waals surface area (Å²) >= 11 is 0. The normalized spacial score (nSPS) is 21.3. The number of carbonyl (C=O) groups is 1. The highest BCUT2D eigenvalue weighted by Gasteiger charge is 2.32. The van der Waals surface area contributed by atoms with Crippen LogP contribution in [0, 0.1) is 5.41 Å². The molecule has 1 amide bonds. The van der Waals surface area contributed by atoms with Crippen LogP contribution in [0.1, 0.15) is 34.6 Å². The number of likely N-dealkylation sites (N-methyl/N-ethyl adjacent to an activating group) is 1. The van der Waals surface area contributed by atoms with Crippen LogP contribution in [-0.2, 0) is 4.79 Å². The van der Waals surface area contributed by atoms with Gasteiger partial charge in [0.15, 0.2) is 0 Å². The van der Waals surface area contributed by atoms with Crippen molar-refractivity contribution >= 4 is 6.41 Å². The van der Waals surface area contributed by atoms with Crippen molar-refractivity contribution in [1.29, 1.82) is 0 Å². The minimum Gasteiger partial charge on any atom is -0.344 e. The van der Waals surface area contributed by atoms with E-state index in [-0.39, 0.29) is 0 Å². The molecule has 0 saturated carbocycles. The summed E-state index contributed by atoms with van der Waals surface area (Å²) in [5.74, 6) is 0. The molecule has 0 aromatic rings. The van der Waals surface area contributed by atoms with E-state index in [9.17, 15) is 4.79 Å². The number of rotatable bonds is 1. The summed E-state index contributed by atoms with van der Waals surface area (Å²) in [7, 11) is 2.13. The van der Waals surface area contributed by atoms with E-state index in [0.717, 1.165) is 26.0 Å². The van der Waals surface area contributed by atoms with Gasteiger partial charge in [-0.15, -0.1) is 0 Å². The SMILES string of the molecule is CC.CC1(C)CN(C=O)C1.CC1=CCN(C)C1. The molecule has 0 spiro atoms. The molecule has 0 unspecified atom stereocenters. The zero-order valence-electron chi connectivity index (χ0n) is 12.3. The highest BCUT2D eigenvalue weighted by Crippen LogP contribution is 2.26. The number of nitrogens with zero attached hydrogens (tertiary/aromatic N) is 2. The van der Waals surface area contributed by atoms with E-state index in [4.69, 9.17) is 0 Å². The quantitative estimate of drug-likeness (QED) is 0.519. The lowest BCUT2D eigenvalue weighted by atomic mass is 9.85. The van der Waals surface area contributed by atoms with Gasteiger partial charge in [-0.1, -0.05) is 39.3 Å². The summed E-state index contributed by atoms with van der Waals surface area (Å²) in [6.07, 6.45) is 3.17. The van der Waals surface area contributed by atoms with Crippen LogP contribution in [0.2, 0.25) is 0 Å². The Morgan fingerprint density at radius 3 is 1.94 bits per heavy atom. The van der Waals surface area contributed by atoms with Crippen molar-refractivity contribution in [1.82, 2.24) is 9.80 Å². The van der Waals surface area contributed by atoms with E-state index in [0.29, 0.717) is 5.41 Å². The first kappa shape index (κ1) is 16.2. The van der Waals surface area contributed by atoms with E-state index in [1.807, 2.05) is 13.8 Å². The molecule has 17 heavy (non-hydrogen) atoms.